The second kappa shape index (κ2) is 8.74. The Labute approximate surface area is 197 Å². The van der Waals surface area contributed by atoms with Crippen LogP contribution >= 0.6 is 0 Å². The first-order valence-corrected chi connectivity index (χ1v) is 12.7. The highest BCUT2D eigenvalue weighted by Gasteiger charge is 2.63. The summed E-state index contributed by atoms with van der Waals surface area (Å²) in [5.41, 5.74) is 1.01. The molecule has 8 atom stereocenters. The van der Waals surface area contributed by atoms with Crippen molar-refractivity contribution in [3.63, 3.8) is 0 Å². The summed E-state index contributed by atoms with van der Waals surface area (Å²) in [5, 5.41) is 0. The second-order valence-electron chi connectivity index (χ2n) is 11.4. The summed E-state index contributed by atoms with van der Waals surface area (Å²) in [6.45, 7) is 11.0. The lowest BCUT2D eigenvalue weighted by atomic mass is 9.44. The molecule has 0 spiro atoms. The topological polar surface area (TPSA) is 78.9 Å². The van der Waals surface area contributed by atoms with Crippen LogP contribution in [0.15, 0.2) is 11.3 Å². The van der Waals surface area contributed by atoms with Crippen molar-refractivity contribution >= 4 is 17.9 Å². The molecule has 0 N–H and O–H groups in total. The summed E-state index contributed by atoms with van der Waals surface area (Å²) in [7, 11) is 0. The van der Waals surface area contributed by atoms with Crippen LogP contribution in [0.3, 0.4) is 0 Å². The van der Waals surface area contributed by atoms with Crippen molar-refractivity contribution in [3.05, 3.63) is 11.3 Å². The van der Waals surface area contributed by atoms with Crippen LogP contribution in [-0.4, -0.2) is 30.1 Å². The molecule has 0 bridgehead atoms. The highest BCUT2D eigenvalue weighted by Crippen LogP contribution is 2.68. The summed E-state index contributed by atoms with van der Waals surface area (Å²) >= 11 is 0. The van der Waals surface area contributed by atoms with Crippen LogP contribution in [0.25, 0.3) is 0 Å². The Balaban J connectivity index is 1.67. The first-order chi connectivity index (χ1) is 15.5. The third kappa shape index (κ3) is 4.12. The number of hydrogen-bond donors (Lipinski definition) is 0. The van der Waals surface area contributed by atoms with Gasteiger partial charge in [0, 0.05) is 26.2 Å². The van der Waals surface area contributed by atoms with Gasteiger partial charge in [-0.1, -0.05) is 13.8 Å². The number of rotatable bonds is 3. The quantitative estimate of drug-likeness (QED) is 0.321. The molecule has 0 aliphatic heterocycles. The third-order valence-corrected chi connectivity index (χ3v) is 9.84. The summed E-state index contributed by atoms with van der Waals surface area (Å²) in [5.74, 6) is 1.93. The van der Waals surface area contributed by atoms with Crippen LogP contribution in [0, 0.1) is 34.5 Å². The Morgan fingerprint density at radius 1 is 0.818 bits per heavy atom. The Hall–Kier alpha value is -1.85. The molecule has 0 aromatic heterocycles. The Morgan fingerprint density at radius 2 is 1.52 bits per heavy atom. The normalized spacial score (nSPS) is 43.5. The average Bonchev–Trinajstić information content (AvgIpc) is 3.06. The predicted molar refractivity (Wildman–Crippen MR) is 123 cm³/mol. The van der Waals surface area contributed by atoms with E-state index in [1.54, 1.807) is 0 Å². The average molecular weight is 461 g/mol. The minimum Gasteiger partial charge on any atom is -0.463 e. The maximum atomic E-state index is 12.2. The van der Waals surface area contributed by atoms with E-state index in [1.165, 1.54) is 20.8 Å². The van der Waals surface area contributed by atoms with Crippen LogP contribution in [0.5, 0.6) is 0 Å². The number of ether oxygens (including phenoxy) is 3. The van der Waals surface area contributed by atoms with Crippen LogP contribution in [0.4, 0.5) is 0 Å². The minimum absolute atomic E-state index is 0.0302. The molecule has 4 aliphatic rings. The molecule has 0 amide bonds. The molecule has 6 heteroatoms. The van der Waals surface area contributed by atoms with Gasteiger partial charge in [0.2, 0.25) is 0 Å². The van der Waals surface area contributed by atoms with Gasteiger partial charge < -0.3 is 14.2 Å². The Kier molecular flexibility index (Phi) is 6.43. The van der Waals surface area contributed by atoms with Gasteiger partial charge in [0.25, 0.3) is 0 Å². The van der Waals surface area contributed by atoms with Crippen LogP contribution in [-0.2, 0) is 28.6 Å². The molecule has 8 unspecified atom stereocenters. The van der Waals surface area contributed by atoms with Gasteiger partial charge in [-0.05, 0) is 93.0 Å². The number of esters is 3. The van der Waals surface area contributed by atoms with Gasteiger partial charge in [-0.3, -0.25) is 14.4 Å². The van der Waals surface area contributed by atoms with Crippen LogP contribution in [0.1, 0.15) is 92.9 Å². The monoisotopic (exact) mass is 460 g/mol. The lowest BCUT2D eigenvalue weighted by Crippen LogP contribution is -2.58. The van der Waals surface area contributed by atoms with E-state index in [4.69, 9.17) is 14.2 Å². The van der Waals surface area contributed by atoms with Crippen LogP contribution < -0.4 is 0 Å². The highest BCUT2D eigenvalue weighted by molar-refractivity contribution is 5.68. The Bertz CT molecular complexity index is 861. The smallest absolute Gasteiger partial charge is 0.307 e. The molecule has 184 valence electrons. The maximum absolute atomic E-state index is 12.2. The van der Waals surface area contributed by atoms with Crippen molar-refractivity contribution in [2.24, 2.45) is 34.5 Å². The van der Waals surface area contributed by atoms with E-state index in [0.29, 0.717) is 29.4 Å². The van der Waals surface area contributed by atoms with Gasteiger partial charge in [-0.25, -0.2) is 0 Å². The van der Waals surface area contributed by atoms with Gasteiger partial charge >= 0.3 is 17.9 Å². The summed E-state index contributed by atoms with van der Waals surface area (Å²) in [4.78, 5) is 35.4. The van der Waals surface area contributed by atoms with Crippen molar-refractivity contribution < 1.29 is 28.6 Å². The first kappa shape index (κ1) is 24.3. The SMILES string of the molecule is CC(=O)OC(C)=C1CCC2C3CCC4CC(OC(C)=O)CCC4(C)C3CC(OC(C)=O)C12C. The molecule has 6 nitrogen and oxygen atoms in total. The molecule has 0 saturated heterocycles. The summed E-state index contributed by atoms with van der Waals surface area (Å²) < 4.78 is 17.2. The minimum atomic E-state index is -0.303. The van der Waals surface area contributed by atoms with E-state index < -0.39 is 0 Å². The molecule has 4 rings (SSSR count). The standard InChI is InChI=1S/C27H40O6/c1-15(31-16(2)28)22-9-10-23-21-8-7-19-13-20(32-17(3)29)11-12-26(19,5)24(21)14-25(27(22,23)6)33-18(4)30/h19-21,23-25H,7-14H2,1-6H3. The number of hydrogen-bond acceptors (Lipinski definition) is 6. The van der Waals surface area contributed by atoms with Gasteiger partial charge in [-0.2, -0.15) is 0 Å². The fourth-order valence-electron chi connectivity index (χ4n) is 8.53. The number of fused-ring (bicyclic) bond motifs is 5. The lowest BCUT2D eigenvalue weighted by molar-refractivity contribution is -0.184. The molecule has 0 aromatic carbocycles. The van der Waals surface area contributed by atoms with Gasteiger partial charge in [0.05, 0.1) is 0 Å². The molecule has 33 heavy (non-hydrogen) atoms. The van der Waals surface area contributed by atoms with Crippen molar-refractivity contribution in [2.45, 2.75) is 105 Å². The zero-order valence-corrected chi connectivity index (χ0v) is 21.1. The van der Waals surface area contributed by atoms with E-state index in [9.17, 15) is 14.4 Å². The maximum Gasteiger partial charge on any atom is 0.307 e. The van der Waals surface area contributed by atoms with E-state index in [-0.39, 0.29) is 40.9 Å². The number of carbonyl (C=O) groups is 3. The number of allylic oxidation sites excluding steroid dienone is 1. The predicted octanol–water partition coefficient (Wildman–Crippen LogP) is 5.34. The van der Waals surface area contributed by atoms with E-state index in [2.05, 4.69) is 13.8 Å². The molecule has 0 aromatic rings. The van der Waals surface area contributed by atoms with Crippen molar-refractivity contribution in [3.8, 4) is 0 Å². The Morgan fingerprint density at radius 3 is 2.15 bits per heavy atom. The van der Waals surface area contributed by atoms with E-state index in [1.807, 2.05) is 6.92 Å². The molecular weight excluding hydrogens is 420 g/mol. The molecule has 0 radical (unpaired) electrons. The fourth-order valence-corrected chi connectivity index (χ4v) is 8.53. The van der Waals surface area contributed by atoms with E-state index >= 15 is 0 Å². The zero-order valence-electron chi connectivity index (χ0n) is 21.1. The van der Waals surface area contributed by atoms with Gasteiger partial charge in [-0.15, -0.1) is 0 Å². The summed E-state index contributed by atoms with van der Waals surface area (Å²) in [6, 6.07) is 0. The van der Waals surface area contributed by atoms with E-state index in [0.717, 1.165) is 56.9 Å². The fraction of sp³-hybridized carbons (Fsp3) is 0.815. The molecule has 4 saturated carbocycles. The van der Waals surface area contributed by atoms with Crippen molar-refractivity contribution in [1.29, 1.82) is 0 Å². The zero-order chi connectivity index (χ0) is 24.1. The first-order valence-electron chi connectivity index (χ1n) is 12.7. The third-order valence-electron chi connectivity index (χ3n) is 9.84. The van der Waals surface area contributed by atoms with Gasteiger partial charge in [0.15, 0.2) is 0 Å². The molecule has 4 fully saturated rings. The van der Waals surface area contributed by atoms with Crippen molar-refractivity contribution in [1.82, 2.24) is 0 Å². The largest absolute Gasteiger partial charge is 0.463 e. The highest BCUT2D eigenvalue weighted by atomic mass is 16.5. The molecule has 0 heterocycles. The summed E-state index contributed by atoms with van der Waals surface area (Å²) in [6.07, 6.45) is 7.79. The lowest BCUT2D eigenvalue weighted by Gasteiger charge is -2.62. The number of carbonyl (C=O) groups excluding carboxylic acids is 3. The van der Waals surface area contributed by atoms with Crippen molar-refractivity contribution in [2.75, 3.05) is 0 Å². The van der Waals surface area contributed by atoms with Gasteiger partial charge in [0.1, 0.15) is 18.0 Å². The molecule has 4 aliphatic carbocycles. The molecular formula is C27H40O6. The van der Waals surface area contributed by atoms with Crippen LogP contribution in [0.2, 0.25) is 0 Å². The second-order valence-corrected chi connectivity index (χ2v) is 11.4.